The van der Waals surface area contributed by atoms with Crippen LogP contribution in [0.2, 0.25) is 0 Å². The molecule has 1 aliphatic heterocycles. The topological polar surface area (TPSA) is 6.48 Å². The summed E-state index contributed by atoms with van der Waals surface area (Å²) in [5, 5.41) is 0. The van der Waals surface area contributed by atoms with E-state index in [2.05, 4.69) is 45.0 Å². The summed E-state index contributed by atoms with van der Waals surface area (Å²) in [4.78, 5) is 2.29. The highest BCUT2D eigenvalue weighted by molar-refractivity contribution is 14.1. The Bertz CT molecular complexity index is 115. The van der Waals surface area contributed by atoms with E-state index in [0.29, 0.717) is 0 Å². The van der Waals surface area contributed by atoms with Gasteiger partial charge in [-0.05, 0) is 32.9 Å². The highest BCUT2D eigenvalue weighted by Gasteiger charge is 2.17. The quantitative estimate of drug-likeness (QED) is 0.554. The lowest BCUT2D eigenvalue weighted by atomic mass is 9.99. The third kappa shape index (κ3) is 3.71. The SMILES string of the molecule is CN(C)CC1CCCN(I)C1. The molecular weight excluding hydrogens is 251 g/mol. The van der Waals surface area contributed by atoms with Crippen molar-refractivity contribution in [2.45, 2.75) is 12.8 Å². The molecule has 0 aliphatic carbocycles. The molecule has 0 N–H and O–H groups in total. The molecule has 0 bridgehead atoms. The van der Waals surface area contributed by atoms with E-state index in [-0.39, 0.29) is 0 Å². The van der Waals surface area contributed by atoms with Crippen molar-refractivity contribution in [1.82, 2.24) is 8.01 Å². The Labute approximate surface area is 83.4 Å². The zero-order chi connectivity index (χ0) is 8.27. The van der Waals surface area contributed by atoms with Crippen molar-refractivity contribution in [2.75, 3.05) is 33.7 Å². The molecule has 1 saturated heterocycles. The molecule has 2 nitrogen and oxygen atoms in total. The fourth-order valence-electron chi connectivity index (χ4n) is 1.68. The number of piperidine rings is 1. The molecule has 0 aromatic carbocycles. The third-order valence-electron chi connectivity index (χ3n) is 2.09. The van der Waals surface area contributed by atoms with Gasteiger partial charge in [-0.2, -0.15) is 0 Å². The summed E-state index contributed by atoms with van der Waals surface area (Å²) in [7, 11) is 4.32. The van der Waals surface area contributed by atoms with Crippen molar-refractivity contribution < 1.29 is 0 Å². The van der Waals surface area contributed by atoms with Gasteiger partial charge in [0.15, 0.2) is 0 Å². The predicted molar refractivity (Wildman–Crippen MR) is 56.9 cm³/mol. The van der Waals surface area contributed by atoms with Crippen LogP contribution in [0.5, 0.6) is 0 Å². The summed E-state index contributed by atoms with van der Waals surface area (Å²) in [5.41, 5.74) is 0. The Balaban J connectivity index is 2.23. The van der Waals surface area contributed by atoms with Crippen LogP contribution in [0.3, 0.4) is 0 Å². The lowest BCUT2D eigenvalue weighted by molar-refractivity contribution is 0.239. The molecule has 0 aromatic heterocycles. The number of hydrogen-bond donors (Lipinski definition) is 0. The Morgan fingerprint density at radius 2 is 2.27 bits per heavy atom. The zero-order valence-corrected chi connectivity index (χ0v) is 9.54. The van der Waals surface area contributed by atoms with Crippen LogP contribution in [0.1, 0.15) is 12.8 Å². The third-order valence-corrected chi connectivity index (χ3v) is 2.97. The largest absolute Gasteiger partial charge is 0.309 e. The van der Waals surface area contributed by atoms with Crippen LogP contribution in [0.4, 0.5) is 0 Å². The fraction of sp³-hybridized carbons (Fsp3) is 1.00. The van der Waals surface area contributed by atoms with E-state index >= 15 is 0 Å². The van der Waals surface area contributed by atoms with Gasteiger partial charge in [-0.3, -0.25) is 0 Å². The summed E-state index contributed by atoms with van der Waals surface area (Å²) in [5.74, 6) is 0.899. The van der Waals surface area contributed by atoms with Crippen molar-refractivity contribution in [3.8, 4) is 0 Å². The zero-order valence-electron chi connectivity index (χ0n) is 7.39. The minimum atomic E-state index is 0.899. The van der Waals surface area contributed by atoms with Crippen LogP contribution >= 0.6 is 22.9 Å². The molecule has 3 heteroatoms. The monoisotopic (exact) mass is 268 g/mol. The van der Waals surface area contributed by atoms with Crippen LogP contribution in [-0.4, -0.2) is 41.7 Å². The van der Waals surface area contributed by atoms with Crippen molar-refractivity contribution in [3.63, 3.8) is 0 Å². The van der Waals surface area contributed by atoms with Crippen LogP contribution in [0.15, 0.2) is 0 Å². The van der Waals surface area contributed by atoms with Crippen molar-refractivity contribution in [2.24, 2.45) is 5.92 Å². The van der Waals surface area contributed by atoms with Crippen molar-refractivity contribution >= 4 is 22.9 Å². The summed E-state index contributed by atoms with van der Waals surface area (Å²) >= 11 is 2.43. The van der Waals surface area contributed by atoms with E-state index in [4.69, 9.17) is 0 Å². The van der Waals surface area contributed by atoms with E-state index in [1.165, 1.54) is 32.5 Å². The number of halogens is 1. The Morgan fingerprint density at radius 3 is 2.82 bits per heavy atom. The molecule has 1 fully saturated rings. The summed E-state index contributed by atoms with van der Waals surface area (Å²) in [6.07, 6.45) is 2.79. The van der Waals surface area contributed by atoms with E-state index in [0.717, 1.165) is 5.92 Å². The molecule has 0 radical (unpaired) electrons. The second kappa shape index (κ2) is 4.62. The molecule has 0 spiro atoms. The maximum absolute atomic E-state index is 2.43. The van der Waals surface area contributed by atoms with Gasteiger partial charge in [0.05, 0.1) is 0 Å². The Morgan fingerprint density at radius 1 is 1.55 bits per heavy atom. The van der Waals surface area contributed by atoms with Crippen LogP contribution in [0.25, 0.3) is 0 Å². The number of hydrogen-bond acceptors (Lipinski definition) is 2. The minimum Gasteiger partial charge on any atom is -0.309 e. The first-order valence-electron chi connectivity index (χ1n) is 4.24. The highest BCUT2D eigenvalue weighted by atomic mass is 127. The van der Waals surface area contributed by atoms with Crippen LogP contribution in [0, 0.1) is 5.92 Å². The highest BCUT2D eigenvalue weighted by Crippen LogP contribution is 2.19. The molecule has 0 amide bonds. The predicted octanol–water partition coefficient (Wildman–Crippen LogP) is 1.61. The van der Waals surface area contributed by atoms with Gasteiger partial charge in [0.1, 0.15) is 0 Å². The summed E-state index contributed by atoms with van der Waals surface area (Å²) < 4.78 is 2.41. The molecular formula is C8H17IN2. The van der Waals surface area contributed by atoms with Crippen molar-refractivity contribution in [3.05, 3.63) is 0 Å². The molecule has 1 atom stereocenters. The van der Waals surface area contributed by atoms with Crippen molar-refractivity contribution in [1.29, 1.82) is 0 Å². The van der Waals surface area contributed by atoms with Gasteiger partial charge in [-0.1, -0.05) is 0 Å². The van der Waals surface area contributed by atoms with E-state index < -0.39 is 0 Å². The first-order chi connectivity index (χ1) is 5.18. The van der Waals surface area contributed by atoms with Crippen LogP contribution < -0.4 is 0 Å². The van der Waals surface area contributed by atoms with Gasteiger partial charge in [-0.25, -0.2) is 3.11 Å². The first kappa shape index (κ1) is 9.74. The maximum atomic E-state index is 2.43. The molecule has 1 unspecified atom stereocenters. The second-order valence-electron chi connectivity index (χ2n) is 3.64. The lowest BCUT2D eigenvalue weighted by Gasteiger charge is -2.29. The summed E-state index contributed by atoms with van der Waals surface area (Å²) in [6, 6.07) is 0. The van der Waals surface area contributed by atoms with Crippen LogP contribution in [-0.2, 0) is 0 Å². The van der Waals surface area contributed by atoms with Gasteiger partial charge < -0.3 is 4.90 Å². The molecule has 1 heterocycles. The minimum absolute atomic E-state index is 0.899. The smallest absolute Gasteiger partial charge is 0.0201 e. The second-order valence-corrected chi connectivity index (χ2v) is 5.00. The Kier molecular flexibility index (Phi) is 4.09. The Hall–Kier alpha value is 0.650. The normalized spacial score (nSPS) is 27.8. The number of rotatable bonds is 2. The van der Waals surface area contributed by atoms with Gasteiger partial charge in [-0.15, -0.1) is 0 Å². The van der Waals surface area contributed by atoms with Gasteiger partial charge in [0, 0.05) is 42.5 Å². The number of nitrogens with zero attached hydrogens (tertiary/aromatic N) is 2. The van der Waals surface area contributed by atoms with Gasteiger partial charge in [0.2, 0.25) is 0 Å². The molecule has 1 rings (SSSR count). The first-order valence-corrected chi connectivity index (χ1v) is 5.20. The van der Waals surface area contributed by atoms with E-state index in [1.54, 1.807) is 0 Å². The van der Waals surface area contributed by atoms with E-state index in [1.807, 2.05) is 0 Å². The summed E-state index contributed by atoms with van der Waals surface area (Å²) in [6.45, 7) is 3.81. The molecule has 11 heavy (non-hydrogen) atoms. The average molecular weight is 268 g/mol. The van der Waals surface area contributed by atoms with E-state index in [9.17, 15) is 0 Å². The van der Waals surface area contributed by atoms with Gasteiger partial charge in [0.25, 0.3) is 0 Å². The maximum Gasteiger partial charge on any atom is 0.0201 e. The lowest BCUT2D eigenvalue weighted by Crippen LogP contribution is -2.34. The molecule has 66 valence electrons. The molecule has 0 aromatic rings. The standard InChI is InChI=1S/C8H17IN2/c1-10(2)6-8-4-3-5-11(9)7-8/h8H,3-7H2,1-2H3. The fourth-order valence-corrected chi connectivity index (χ4v) is 2.58. The van der Waals surface area contributed by atoms with Gasteiger partial charge >= 0.3 is 0 Å². The molecule has 0 saturated carbocycles. The average Bonchev–Trinajstić information content (AvgIpc) is 1.85. The molecule has 1 aliphatic rings.